The molecule has 6 nitrogen and oxygen atoms in total. The Balaban J connectivity index is 1.68. The zero-order chi connectivity index (χ0) is 20.1. The Morgan fingerprint density at radius 1 is 1.00 bits per heavy atom. The van der Waals surface area contributed by atoms with Gasteiger partial charge in [0.15, 0.2) is 5.13 Å². The quantitative estimate of drug-likeness (QED) is 0.555. The molecule has 1 heterocycles. The second-order valence-electron chi connectivity index (χ2n) is 6.35. The monoisotopic (exact) mass is 394 g/mol. The van der Waals surface area contributed by atoms with Crippen LogP contribution in [0.2, 0.25) is 0 Å². The van der Waals surface area contributed by atoms with Crippen molar-refractivity contribution >= 4 is 39.8 Å². The second-order valence-corrected chi connectivity index (χ2v) is 7.35. The van der Waals surface area contributed by atoms with Gasteiger partial charge < -0.3 is 10.6 Å². The van der Waals surface area contributed by atoms with Crippen LogP contribution in [0.5, 0.6) is 0 Å². The number of carbonyl (C=O) groups is 2. The predicted octanol–water partition coefficient (Wildman–Crippen LogP) is 5.22. The Hall–Kier alpha value is -3.19. The van der Waals surface area contributed by atoms with Crippen LogP contribution in [0.1, 0.15) is 33.4 Å². The second kappa shape index (κ2) is 8.67. The fourth-order valence-electron chi connectivity index (χ4n) is 2.77. The molecule has 0 aliphatic carbocycles. The van der Waals surface area contributed by atoms with E-state index in [-0.39, 0.29) is 5.91 Å². The van der Waals surface area contributed by atoms with Gasteiger partial charge in [0.05, 0.1) is 5.69 Å². The van der Waals surface area contributed by atoms with Gasteiger partial charge in [0.25, 0.3) is 5.91 Å². The number of rotatable bonds is 5. The molecule has 0 bridgehead atoms. The van der Waals surface area contributed by atoms with Gasteiger partial charge in [0, 0.05) is 11.4 Å². The zero-order valence-corrected chi connectivity index (χ0v) is 16.8. The van der Waals surface area contributed by atoms with E-state index < -0.39 is 6.03 Å². The highest BCUT2D eigenvalue weighted by atomic mass is 32.1. The molecule has 144 valence electrons. The molecule has 0 saturated carbocycles. The van der Waals surface area contributed by atoms with Gasteiger partial charge >= 0.3 is 6.03 Å². The minimum atomic E-state index is -0.400. The Bertz CT molecular complexity index is 1010. The Kier molecular flexibility index (Phi) is 6.06. The number of nitrogens with one attached hydrogen (secondary N) is 3. The molecular formula is C21H22N4O2S. The summed E-state index contributed by atoms with van der Waals surface area (Å²) in [4.78, 5) is 29.6. The maximum Gasteiger partial charge on any atom is 0.325 e. The number of hydrogen-bond acceptors (Lipinski definition) is 4. The third kappa shape index (κ3) is 4.75. The van der Waals surface area contributed by atoms with E-state index in [0.29, 0.717) is 21.4 Å². The molecule has 3 amide bonds. The lowest BCUT2D eigenvalue weighted by Crippen LogP contribution is -2.19. The number of para-hydroxylation sites is 1. The number of nitrogens with zero attached hydrogens (tertiary/aromatic N) is 1. The highest BCUT2D eigenvalue weighted by molar-refractivity contribution is 7.17. The first kappa shape index (κ1) is 19.6. The summed E-state index contributed by atoms with van der Waals surface area (Å²) in [6, 6.07) is 14.8. The van der Waals surface area contributed by atoms with Gasteiger partial charge in [-0.3, -0.25) is 10.1 Å². The molecular weight excluding hydrogens is 372 g/mol. The zero-order valence-electron chi connectivity index (χ0n) is 16.0. The van der Waals surface area contributed by atoms with E-state index in [1.165, 1.54) is 0 Å². The molecule has 0 aliphatic rings. The molecule has 3 aromatic rings. The van der Waals surface area contributed by atoms with Gasteiger partial charge in [-0.05, 0) is 49.6 Å². The molecule has 0 radical (unpaired) electrons. The molecule has 0 spiro atoms. The molecule has 1 aromatic heterocycles. The first-order valence-electron chi connectivity index (χ1n) is 8.97. The summed E-state index contributed by atoms with van der Waals surface area (Å²) >= 11 is 1.15. The van der Waals surface area contributed by atoms with Crippen LogP contribution < -0.4 is 16.0 Å². The molecule has 0 saturated heterocycles. The topological polar surface area (TPSA) is 83.1 Å². The molecule has 0 aliphatic heterocycles. The summed E-state index contributed by atoms with van der Waals surface area (Å²) in [6.07, 6.45) is 0.823. The van der Waals surface area contributed by atoms with Crippen LogP contribution in [0.15, 0.2) is 48.5 Å². The molecule has 3 rings (SSSR count). The first-order chi connectivity index (χ1) is 13.5. The molecule has 28 heavy (non-hydrogen) atoms. The number of carbonyl (C=O) groups excluding carboxylic acids is 2. The molecule has 0 unspecified atom stereocenters. The van der Waals surface area contributed by atoms with Crippen molar-refractivity contribution in [3.63, 3.8) is 0 Å². The lowest BCUT2D eigenvalue weighted by Gasteiger charge is -2.08. The Morgan fingerprint density at radius 3 is 2.54 bits per heavy atom. The van der Waals surface area contributed by atoms with Crippen molar-refractivity contribution in [2.24, 2.45) is 0 Å². The van der Waals surface area contributed by atoms with E-state index in [1.54, 1.807) is 6.92 Å². The predicted molar refractivity (Wildman–Crippen MR) is 114 cm³/mol. The molecule has 0 atom stereocenters. The number of anilines is 3. The SMILES string of the molecule is CCc1ccccc1NC(=O)c1sc(NC(=O)Nc2cccc(C)c2)nc1C. The van der Waals surface area contributed by atoms with E-state index >= 15 is 0 Å². The van der Waals surface area contributed by atoms with Crippen molar-refractivity contribution in [1.29, 1.82) is 0 Å². The lowest BCUT2D eigenvalue weighted by atomic mass is 10.1. The van der Waals surface area contributed by atoms with E-state index in [2.05, 4.69) is 20.9 Å². The summed E-state index contributed by atoms with van der Waals surface area (Å²) < 4.78 is 0. The van der Waals surface area contributed by atoms with E-state index in [9.17, 15) is 9.59 Å². The number of aryl methyl sites for hydroxylation is 3. The first-order valence-corrected chi connectivity index (χ1v) is 9.79. The average Bonchev–Trinajstić information content (AvgIpc) is 3.02. The number of benzene rings is 2. The maximum absolute atomic E-state index is 12.7. The molecule has 0 fully saturated rings. The standard InChI is InChI=1S/C21H22N4O2S/c1-4-15-9-5-6-11-17(15)24-19(26)18-14(3)22-21(28-18)25-20(27)23-16-10-7-8-13(2)12-16/h5-12H,4H2,1-3H3,(H,24,26)(H2,22,23,25,27). The molecule has 7 heteroatoms. The van der Waals surface area contributed by atoms with Crippen LogP contribution in [0.25, 0.3) is 0 Å². The van der Waals surface area contributed by atoms with Crippen molar-refractivity contribution in [3.05, 3.63) is 70.2 Å². The highest BCUT2D eigenvalue weighted by Gasteiger charge is 2.17. The van der Waals surface area contributed by atoms with Gasteiger partial charge in [0.1, 0.15) is 4.88 Å². The van der Waals surface area contributed by atoms with Crippen LogP contribution in [-0.2, 0) is 6.42 Å². The van der Waals surface area contributed by atoms with Crippen molar-refractivity contribution in [1.82, 2.24) is 4.98 Å². The number of urea groups is 1. The van der Waals surface area contributed by atoms with Crippen LogP contribution in [0.3, 0.4) is 0 Å². The fraction of sp³-hybridized carbons (Fsp3) is 0.190. The van der Waals surface area contributed by atoms with Gasteiger partial charge in [-0.15, -0.1) is 0 Å². The fourth-order valence-corrected chi connectivity index (χ4v) is 3.63. The smallest absolute Gasteiger partial charge is 0.321 e. The largest absolute Gasteiger partial charge is 0.325 e. The normalized spacial score (nSPS) is 10.4. The summed E-state index contributed by atoms with van der Waals surface area (Å²) in [7, 11) is 0. The summed E-state index contributed by atoms with van der Waals surface area (Å²) in [5, 5.41) is 8.76. The van der Waals surface area contributed by atoms with Crippen LogP contribution in [-0.4, -0.2) is 16.9 Å². The van der Waals surface area contributed by atoms with E-state index in [1.807, 2.05) is 62.4 Å². The summed E-state index contributed by atoms with van der Waals surface area (Å²) in [5.41, 5.74) is 4.17. The third-order valence-electron chi connectivity index (χ3n) is 4.15. The van der Waals surface area contributed by atoms with Crippen molar-refractivity contribution in [3.8, 4) is 0 Å². The van der Waals surface area contributed by atoms with E-state index in [0.717, 1.165) is 34.6 Å². The Labute approximate surface area is 168 Å². The lowest BCUT2D eigenvalue weighted by molar-refractivity contribution is 0.102. The van der Waals surface area contributed by atoms with Crippen molar-refractivity contribution in [2.75, 3.05) is 16.0 Å². The van der Waals surface area contributed by atoms with Crippen LogP contribution >= 0.6 is 11.3 Å². The maximum atomic E-state index is 12.7. The average molecular weight is 395 g/mol. The van der Waals surface area contributed by atoms with Gasteiger partial charge in [-0.1, -0.05) is 48.6 Å². The third-order valence-corrected chi connectivity index (χ3v) is 5.22. The number of thiazole rings is 1. The van der Waals surface area contributed by atoms with Crippen LogP contribution in [0.4, 0.5) is 21.3 Å². The van der Waals surface area contributed by atoms with Crippen molar-refractivity contribution in [2.45, 2.75) is 27.2 Å². The van der Waals surface area contributed by atoms with Gasteiger partial charge in [-0.2, -0.15) is 0 Å². The number of hydrogen-bond donors (Lipinski definition) is 3. The van der Waals surface area contributed by atoms with Crippen molar-refractivity contribution < 1.29 is 9.59 Å². The highest BCUT2D eigenvalue weighted by Crippen LogP contribution is 2.25. The summed E-state index contributed by atoms with van der Waals surface area (Å²) in [5.74, 6) is -0.233. The van der Waals surface area contributed by atoms with Gasteiger partial charge in [0.2, 0.25) is 0 Å². The minimum Gasteiger partial charge on any atom is -0.321 e. The molecule has 2 aromatic carbocycles. The Morgan fingerprint density at radius 2 is 1.79 bits per heavy atom. The summed E-state index contributed by atoms with van der Waals surface area (Å²) in [6.45, 7) is 5.74. The number of amides is 3. The minimum absolute atomic E-state index is 0.233. The number of aromatic nitrogens is 1. The van der Waals surface area contributed by atoms with Crippen LogP contribution in [0, 0.1) is 13.8 Å². The molecule has 3 N–H and O–H groups in total. The van der Waals surface area contributed by atoms with E-state index in [4.69, 9.17) is 0 Å². The van der Waals surface area contributed by atoms with Gasteiger partial charge in [-0.25, -0.2) is 9.78 Å².